The highest BCUT2D eigenvalue weighted by Gasteiger charge is 1.92. The molecule has 0 aliphatic carbocycles. The molecule has 3 heteroatoms. The van der Waals surface area contributed by atoms with E-state index >= 15 is 0 Å². The van der Waals surface area contributed by atoms with Crippen molar-refractivity contribution < 1.29 is 4.74 Å². The molecule has 0 saturated carbocycles. The van der Waals surface area contributed by atoms with Crippen molar-refractivity contribution in [2.75, 3.05) is 13.4 Å². The van der Waals surface area contributed by atoms with Crippen LogP contribution in [0.3, 0.4) is 0 Å². The molecule has 0 atom stereocenters. The molecule has 0 radical (unpaired) electrons. The Morgan fingerprint density at radius 3 is 2.53 bits per heavy atom. The summed E-state index contributed by atoms with van der Waals surface area (Å²) in [6.45, 7) is 2.04. The van der Waals surface area contributed by atoms with E-state index in [4.69, 9.17) is 11.2 Å². The molecule has 0 fully saturated rings. The first-order valence-electron chi connectivity index (χ1n) is 5.77. The molecule has 0 unspecified atom stereocenters. The van der Waals surface area contributed by atoms with E-state index in [0.29, 0.717) is 0 Å². The molecule has 0 amide bonds. The average molecular weight is 271 g/mol. The van der Waals surface area contributed by atoms with E-state index in [9.17, 15) is 0 Å². The lowest BCUT2D eigenvalue weighted by molar-refractivity contribution is 0.415. The minimum Gasteiger partial charge on any atom is -0.497 e. The monoisotopic (exact) mass is 271 g/mol. The van der Waals surface area contributed by atoms with Crippen molar-refractivity contribution in [1.29, 1.82) is 0 Å². The van der Waals surface area contributed by atoms with E-state index in [1.165, 1.54) is 4.91 Å². The molecule has 1 aromatic rings. The number of hydrogen-bond acceptors (Lipinski definition) is 3. The molecule has 0 N–H and O–H groups in total. The Balaban J connectivity index is 2.80. The van der Waals surface area contributed by atoms with Crippen LogP contribution in [0.25, 0.3) is 0 Å². The molecule has 98 valence electrons. The zero-order valence-corrected chi connectivity index (χ0v) is 12.2. The van der Waals surface area contributed by atoms with Gasteiger partial charge in [0.25, 0.3) is 0 Å². The van der Waals surface area contributed by atoms with Crippen LogP contribution in [-0.2, 0) is 0 Å². The molecular formula is C16H17NOS. The Morgan fingerprint density at radius 2 is 2.00 bits per heavy atom. The van der Waals surface area contributed by atoms with E-state index in [0.717, 1.165) is 17.0 Å². The fourth-order valence-electron chi connectivity index (χ4n) is 1.22. The molecule has 0 heterocycles. The first-order chi connectivity index (χ1) is 9.19. The number of aliphatic imine (C=N–C) groups is 1. The second-order valence-electron chi connectivity index (χ2n) is 3.70. The van der Waals surface area contributed by atoms with Crippen molar-refractivity contribution in [1.82, 2.24) is 0 Å². The van der Waals surface area contributed by atoms with Crippen LogP contribution >= 0.6 is 11.8 Å². The van der Waals surface area contributed by atoms with Crippen LogP contribution in [0, 0.1) is 12.3 Å². The molecule has 0 bridgehead atoms. The third-order valence-corrected chi connectivity index (χ3v) is 3.19. The average Bonchev–Trinajstić information content (AvgIpc) is 2.47. The Bertz CT molecular complexity index is 533. The molecule has 1 aromatic carbocycles. The third kappa shape index (κ3) is 5.50. The summed E-state index contributed by atoms with van der Waals surface area (Å²) in [5.74, 6) is 3.42. The number of terminal acetylenes is 1. The first kappa shape index (κ1) is 15.1. The van der Waals surface area contributed by atoms with Crippen LogP contribution in [0.1, 0.15) is 6.92 Å². The first-order valence-corrected chi connectivity index (χ1v) is 6.99. The topological polar surface area (TPSA) is 21.6 Å². The Morgan fingerprint density at radius 1 is 1.32 bits per heavy atom. The predicted octanol–water partition coefficient (Wildman–Crippen LogP) is 4.22. The number of hydrogen-bond donors (Lipinski definition) is 0. The highest BCUT2D eigenvalue weighted by Crippen LogP contribution is 2.17. The normalized spacial score (nSPS) is 12.5. The summed E-state index contributed by atoms with van der Waals surface area (Å²) in [6, 6.07) is 7.49. The van der Waals surface area contributed by atoms with Crippen LogP contribution in [0.2, 0.25) is 0 Å². The van der Waals surface area contributed by atoms with Gasteiger partial charge in [0.1, 0.15) is 5.75 Å². The van der Waals surface area contributed by atoms with Crippen LogP contribution < -0.4 is 4.74 Å². The van der Waals surface area contributed by atoms with E-state index in [2.05, 4.69) is 10.9 Å². The zero-order valence-electron chi connectivity index (χ0n) is 11.4. The van der Waals surface area contributed by atoms with Gasteiger partial charge in [-0.3, -0.25) is 4.99 Å². The third-order valence-electron chi connectivity index (χ3n) is 2.41. The lowest BCUT2D eigenvalue weighted by Crippen LogP contribution is -1.81. The molecule has 0 aliphatic rings. The maximum Gasteiger partial charge on any atom is 0.119 e. The predicted molar refractivity (Wildman–Crippen MR) is 85.3 cm³/mol. The Labute approximate surface area is 119 Å². The number of methoxy groups -OCH3 is 1. The van der Waals surface area contributed by atoms with Crippen molar-refractivity contribution in [2.24, 2.45) is 4.99 Å². The summed E-state index contributed by atoms with van der Waals surface area (Å²) in [5.41, 5.74) is 1.58. The zero-order chi connectivity index (χ0) is 14.1. The smallest absolute Gasteiger partial charge is 0.119 e. The highest BCUT2D eigenvalue weighted by molar-refractivity contribution is 8.02. The Hall–Kier alpha value is -1.92. The van der Waals surface area contributed by atoms with Crippen LogP contribution in [0.5, 0.6) is 5.75 Å². The number of benzene rings is 1. The Kier molecular flexibility index (Phi) is 6.56. The molecule has 0 spiro atoms. The molecule has 0 saturated heterocycles. The summed E-state index contributed by atoms with van der Waals surface area (Å²) in [4.78, 5) is 5.53. The van der Waals surface area contributed by atoms with Crippen LogP contribution in [-0.4, -0.2) is 19.6 Å². The van der Waals surface area contributed by atoms with Crippen LogP contribution in [0.15, 0.2) is 51.9 Å². The van der Waals surface area contributed by atoms with Gasteiger partial charge in [-0.2, -0.15) is 0 Å². The SMILES string of the molecule is C#C/C(C=Nc1ccc(OC)cc1)=C\C=C(/C)SC. The largest absolute Gasteiger partial charge is 0.497 e. The van der Waals surface area contributed by atoms with Gasteiger partial charge in [-0.15, -0.1) is 18.2 Å². The standard InChI is InChI=1S/C16H17NOS/c1-5-14(7-6-13(2)19-4)12-17-15-8-10-16(18-3)11-9-15/h1,6-12H,2-4H3/b13-6+,14-7+,17-12?. The molecule has 2 nitrogen and oxygen atoms in total. The lowest BCUT2D eigenvalue weighted by Gasteiger charge is -1.98. The van der Waals surface area contributed by atoms with Gasteiger partial charge in [0.05, 0.1) is 12.8 Å². The molecule has 0 aromatic heterocycles. The molecule has 0 aliphatic heterocycles. The number of nitrogens with zero attached hydrogens (tertiary/aromatic N) is 1. The number of allylic oxidation sites excluding steroid dienone is 4. The van der Waals surface area contributed by atoms with Crippen molar-refractivity contribution in [3.8, 4) is 18.1 Å². The number of thioether (sulfide) groups is 1. The second kappa shape index (κ2) is 8.23. The van der Waals surface area contributed by atoms with E-state index < -0.39 is 0 Å². The number of rotatable bonds is 5. The van der Waals surface area contributed by atoms with Gasteiger partial charge in [-0.25, -0.2) is 0 Å². The van der Waals surface area contributed by atoms with Crippen molar-refractivity contribution in [2.45, 2.75) is 6.92 Å². The fourth-order valence-corrected chi connectivity index (χ4v) is 1.42. The summed E-state index contributed by atoms with van der Waals surface area (Å²) < 4.78 is 5.09. The van der Waals surface area contributed by atoms with Crippen molar-refractivity contribution >= 4 is 23.7 Å². The lowest BCUT2D eigenvalue weighted by atomic mass is 10.2. The maximum atomic E-state index is 5.44. The van der Waals surface area contributed by atoms with Gasteiger partial charge in [-0.05, 0) is 48.4 Å². The number of ether oxygens (including phenoxy) is 1. The van der Waals surface area contributed by atoms with Crippen LogP contribution in [0.4, 0.5) is 5.69 Å². The van der Waals surface area contributed by atoms with E-state index in [-0.39, 0.29) is 0 Å². The highest BCUT2D eigenvalue weighted by atomic mass is 32.2. The van der Waals surface area contributed by atoms with Gasteiger partial charge in [0, 0.05) is 11.8 Å². The minimum atomic E-state index is 0.740. The minimum absolute atomic E-state index is 0.740. The quantitative estimate of drug-likeness (QED) is 0.454. The summed E-state index contributed by atoms with van der Waals surface area (Å²) in [7, 11) is 1.64. The molecular weight excluding hydrogens is 254 g/mol. The maximum absolute atomic E-state index is 5.44. The summed E-state index contributed by atoms with van der Waals surface area (Å²) in [5, 5.41) is 0. The molecule has 19 heavy (non-hydrogen) atoms. The van der Waals surface area contributed by atoms with E-state index in [1.54, 1.807) is 25.1 Å². The second-order valence-corrected chi connectivity index (χ2v) is 4.76. The van der Waals surface area contributed by atoms with Gasteiger partial charge in [0.15, 0.2) is 0 Å². The van der Waals surface area contributed by atoms with Gasteiger partial charge < -0.3 is 4.74 Å². The van der Waals surface area contributed by atoms with Crippen molar-refractivity contribution in [3.63, 3.8) is 0 Å². The van der Waals surface area contributed by atoms with E-state index in [1.807, 2.05) is 49.6 Å². The summed E-state index contributed by atoms with van der Waals surface area (Å²) >= 11 is 1.69. The van der Waals surface area contributed by atoms with Gasteiger partial charge in [-0.1, -0.05) is 12.0 Å². The fraction of sp³-hybridized carbons (Fsp3) is 0.188. The van der Waals surface area contributed by atoms with Gasteiger partial charge in [0.2, 0.25) is 0 Å². The van der Waals surface area contributed by atoms with Gasteiger partial charge >= 0.3 is 0 Å². The molecule has 1 rings (SSSR count). The summed E-state index contributed by atoms with van der Waals surface area (Å²) in [6.07, 6.45) is 13.0. The van der Waals surface area contributed by atoms with Crippen molar-refractivity contribution in [3.05, 3.63) is 46.9 Å².